The molecular weight excluding hydrogens is 174 g/mol. The molecule has 0 radical (unpaired) electrons. The number of carbonyl (C=O) groups is 1. The van der Waals surface area contributed by atoms with Crippen LogP contribution in [0.15, 0.2) is 11.6 Å². The minimum Gasteiger partial charge on any atom is -0.354 e. The Labute approximate surface area is 87.8 Å². The van der Waals surface area contributed by atoms with Gasteiger partial charge in [-0.05, 0) is 40.0 Å². The first kappa shape index (κ1) is 13.2. The van der Waals surface area contributed by atoms with Crippen LogP contribution in [-0.4, -0.2) is 11.9 Å². The molecule has 0 rings (SSSR count). The molecule has 2 nitrogen and oxygen atoms in total. The van der Waals surface area contributed by atoms with E-state index >= 15 is 0 Å². The van der Waals surface area contributed by atoms with E-state index in [9.17, 15) is 4.79 Å². The van der Waals surface area contributed by atoms with E-state index in [1.54, 1.807) is 0 Å². The zero-order valence-corrected chi connectivity index (χ0v) is 9.89. The van der Waals surface area contributed by atoms with Gasteiger partial charge < -0.3 is 5.32 Å². The lowest BCUT2D eigenvalue weighted by Crippen LogP contribution is -2.32. The molecule has 0 bridgehead atoms. The predicted octanol–water partition coefficient (Wildman–Crippen LogP) is 3.04. The van der Waals surface area contributed by atoms with Gasteiger partial charge in [0.05, 0.1) is 0 Å². The van der Waals surface area contributed by atoms with Crippen molar-refractivity contribution in [2.45, 2.75) is 59.4 Å². The monoisotopic (exact) mass is 197 g/mol. The highest BCUT2D eigenvalue weighted by molar-refractivity contribution is 5.76. The number of amides is 1. The fourth-order valence-corrected chi connectivity index (χ4v) is 1.23. The van der Waals surface area contributed by atoms with E-state index in [2.05, 4.69) is 32.2 Å². The molecule has 1 unspecified atom stereocenters. The van der Waals surface area contributed by atoms with Crippen LogP contribution in [0.5, 0.6) is 0 Å². The lowest BCUT2D eigenvalue weighted by atomic mass is 10.1. The van der Waals surface area contributed by atoms with Gasteiger partial charge in [0.2, 0.25) is 5.91 Å². The number of hydrogen-bond donors (Lipinski definition) is 1. The average Bonchev–Trinajstić information content (AvgIpc) is 2.14. The minimum absolute atomic E-state index is 0.179. The first-order chi connectivity index (χ1) is 6.60. The van der Waals surface area contributed by atoms with Crippen LogP contribution in [-0.2, 0) is 4.79 Å². The normalized spacial score (nSPS) is 13.9. The summed E-state index contributed by atoms with van der Waals surface area (Å²) in [6.07, 6.45) is 5.80. The van der Waals surface area contributed by atoms with E-state index in [4.69, 9.17) is 0 Å². The molecule has 0 fully saturated rings. The van der Waals surface area contributed by atoms with Gasteiger partial charge in [-0.15, -0.1) is 0 Å². The molecule has 0 aromatic rings. The number of hydrogen-bond acceptors (Lipinski definition) is 1. The smallest absolute Gasteiger partial charge is 0.220 e. The Morgan fingerprint density at radius 2 is 2.07 bits per heavy atom. The van der Waals surface area contributed by atoms with Crippen LogP contribution in [0.3, 0.4) is 0 Å². The summed E-state index contributed by atoms with van der Waals surface area (Å²) in [7, 11) is 0. The van der Waals surface area contributed by atoms with E-state index in [0.29, 0.717) is 12.5 Å². The largest absolute Gasteiger partial charge is 0.354 e. The highest BCUT2D eigenvalue weighted by atomic mass is 16.1. The third-order valence-corrected chi connectivity index (χ3v) is 2.35. The van der Waals surface area contributed by atoms with E-state index in [0.717, 1.165) is 19.3 Å². The Bertz CT molecular complexity index is 196. The van der Waals surface area contributed by atoms with Gasteiger partial charge in [-0.1, -0.05) is 18.6 Å². The third-order valence-electron chi connectivity index (χ3n) is 2.35. The lowest BCUT2D eigenvalue weighted by molar-refractivity contribution is -0.121. The van der Waals surface area contributed by atoms with Gasteiger partial charge in [0, 0.05) is 12.5 Å². The summed E-state index contributed by atoms with van der Waals surface area (Å²) in [4.78, 5) is 11.2. The highest BCUT2D eigenvalue weighted by Gasteiger charge is 2.05. The average molecular weight is 197 g/mol. The van der Waals surface area contributed by atoms with Crippen molar-refractivity contribution in [3.8, 4) is 0 Å². The summed E-state index contributed by atoms with van der Waals surface area (Å²) < 4.78 is 0. The summed E-state index contributed by atoms with van der Waals surface area (Å²) >= 11 is 0. The highest BCUT2D eigenvalue weighted by Crippen LogP contribution is 2.06. The second-order valence-electron chi connectivity index (χ2n) is 3.89. The Morgan fingerprint density at radius 1 is 1.43 bits per heavy atom. The number of carbonyl (C=O) groups excluding carboxylic acids is 1. The molecule has 0 heterocycles. The molecule has 14 heavy (non-hydrogen) atoms. The Kier molecular flexibility index (Phi) is 7.17. The van der Waals surface area contributed by atoms with Gasteiger partial charge in [0.1, 0.15) is 0 Å². The van der Waals surface area contributed by atoms with Crippen molar-refractivity contribution < 1.29 is 4.79 Å². The molecule has 0 saturated heterocycles. The fourth-order valence-electron chi connectivity index (χ4n) is 1.23. The Morgan fingerprint density at radius 3 is 2.57 bits per heavy atom. The van der Waals surface area contributed by atoms with Crippen LogP contribution >= 0.6 is 0 Å². The molecule has 2 heteroatoms. The standard InChI is InChI=1S/C12H23NO/c1-5-7-12(14)13-11(4)9-8-10(3)6-2/h6,11H,5,7-9H2,1-4H3,(H,13,14). The summed E-state index contributed by atoms with van der Waals surface area (Å²) in [5, 5.41) is 2.99. The second-order valence-corrected chi connectivity index (χ2v) is 3.89. The quantitative estimate of drug-likeness (QED) is 0.651. The molecule has 0 aliphatic heterocycles. The lowest BCUT2D eigenvalue weighted by Gasteiger charge is -2.13. The van der Waals surface area contributed by atoms with Crippen molar-refractivity contribution in [3.05, 3.63) is 11.6 Å². The van der Waals surface area contributed by atoms with Gasteiger partial charge in [-0.25, -0.2) is 0 Å². The Hall–Kier alpha value is -0.790. The first-order valence-electron chi connectivity index (χ1n) is 5.51. The molecular formula is C12H23NO. The van der Waals surface area contributed by atoms with Crippen molar-refractivity contribution >= 4 is 5.91 Å². The molecule has 1 atom stereocenters. The van der Waals surface area contributed by atoms with E-state index in [-0.39, 0.29) is 5.91 Å². The summed E-state index contributed by atoms with van der Waals surface area (Å²) in [6.45, 7) is 8.26. The number of nitrogens with one attached hydrogen (secondary N) is 1. The molecule has 1 N–H and O–H groups in total. The van der Waals surface area contributed by atoms with Crippen LogP contribution in [0.1, 0.15) is 53.4 Å². The summed E-state index contributed by atoms with van der Waals surface area (Å²) in [5.41, 5.74) is 1.39. The zero-order valence-electron chi connectivity index (χ0n) is 9.89. The minimum atomic E-state index is 0.179. The van der Waals surface area contributed by atoms with Crippen LogP contribution < -0.4 is 5.32 Å². The van der Waals surface area contributed by atoms with E-state index < -0.39 is 0 Å². The van der Waals surface area contributed by atoms with Crippen LogP contribution in [0, 0.1) is 0 Å². The SMILES string of the molecule is CC=C(C)CCC(C)NC(=O)CCC. The predicted molar refractivity (Wildman–Crippen MR) is 61.2 cm³/mol. The number of allylic oxidation sites excluding steroid dienone is 2. The molecule has 0 aromatic heterocycles. The van der Waals surface area contributed by atoms with Crippen molar-refractivity contribution in [2.75, 3.05) is 0 Å². The molecule has 0 aliphatic carbocycles. The summed E-state index contributed by atoms with van der Waals surface area (Å²) in [5.74, 6) is 0.179. The molecule has 0 aromatic carbocycles. The van der Waals surface area contributed by atoms with Gasteiger partial charge in [0.15, 0.2) is 0 Å². The van der Waals surface area contributed by atoms with Crippen molar-refractivity contribution in [3.63, 3.8) is 0 Å². The molecule has 82 valence electrons. The van der Waals surface area contributed by atoms with Crippen LogP contribution in [0.2, 0.25) is 0 Å². The Balaban J connectivity index is 3.64. The van der Waals surface area contributed by atoms with Gasteiger partial charge in [-0.3, -0.25) is 4.79 Å². The molecule has 1 amide bonds. The number of rotatable bonds is 6. The van der Waals surface area contributed by atoms with Crippen molar-refractivity contribution in [1.29, 1.82) is 0 Å². The zero-order chi connectivity index (χ0) is 11.0. The van der Waals surface area contributed by atoms with Crippen molar-refractivity contribution in [1.82, 2.24) is 5.32 Å². The van der Waals surface area contributed by atoms with E-state index in [1.165, 1.54) is 5.57 Å². The second kappa shape index (κ2) is 7.60. The van der Waals surface area contributed by atoms with Gasteiger partial charge >= 0.3 is 0 Å². The maximum atomic E-state index is 11.2. The van der Waals surface area contributed by atoms with Crippen LogP contribution in [0.25, 0.3) is 0 Å². The van der Waals surface area contributed by atoms with Crippen molar-refractivity contribution in [2.24, 2.45) is 0 Å². The summed E-state index contributed by atoms with van der Waals surface area (Å²) in [6, 6.07) is 0.295. The van der Waals surface area contributed by atoms with E-state index in [1.807, 2.05) is 6.92 Å². The maximum absolute atomic E-state index is 11.2. The topological polar surface area (TPSA) is 29.1 Å². The maximum Gasteiger partial charge on any atom is 0.220 e. The van der Waals surface area contributed by atoms with Gasteiger partial charge in [-0.2, -0.15) is 0 Å². The molecule has 0 spiro atoms. The van der Waals surface area contributed by atoms with Gasteiger partial charge in [0.25, 0.3) is 0 Å². The molecule has 0 saturated carbocycles. The first-order valence-corrected chi connectivity index (χ1v) is 5.51. The van der Waals surface area contributed by atoms with Crippen LogP contribution in [0.4, 0.5) is 0 Å². The molecule has 0 aliphatic rings. The fraction of sp³-hybridized carbons (Fsp3) is 0.750. The third kappa shape index (κ3) is 6.70.